The van der Waals surface area contributed by atoms with Crippen molar-refractivity contribution in [1.29, 1.82) is 0 Å². The number of anilines is 1. The van der Waals surface area contributed by atoms with E-state index in [1.165, 1.54) is 29.3 Å². The zero-order chi connectivity index (χ0) is 10.7. The molecule has 0 radical (unpaired) electrons. The fourth-order valence-electron chi connectivity index (χ4n) is 2.10. The zero-order valence-corrected chi connectivity index (χ0v) is 11.5. The Hall–Kier alpha value is 0.0400. The van der Waals surface area contributed by atoms with Crippen molar-refractivity contribution in [2.75, 3.05) is 11.9 Å². The number of nitrogens with one attached hydrogen (secondary N) is 1. The first-order valence-electron chi connectivity index (χ1n) is 5.44. The first kappa shape index (κ1) is 11.5. The summed E-state index contributed by atoms with van der Waals surface area (Å²) in [6, 6.07) is 6.15. The molecule has 0 amide bonds. The van der Waals surface area contributed by atoms with Crippen LogP contribution in [-0.4, -0.2) is 6.54 Å². The Bertz CT molecular complexity index is 334. The largest absolute Gasteiger partial charge is 0.384 e. The molecular formula is C12H15ClIN. The lowest BCUT2D eigenvalue weighted by Gasteiger charge is -2.13. The highest BCUT2D eigenvalue weighted by atomic mass is 127. The second kappa shape index (κ2) is 5.39. The van der Waals surface area contributed by atoms with E-state index in [1.807, 2.05) is 6.07 Å². The molecule has 3 heteroatoms. The van der Waals surface area contributed by atoms with E-state index in [1.54, 1.807) is 0 Å². The molecular weight excluding hydrogens is 320 g/mol. The molecule has 1 aromatic carbocycles. The van der Waals surface area contributed by atoms with Crippen LogP contribution in [-0.2, 0) is 0 Å². The Kier molecular flexibility index (Phi) is 4.14. The summed E-state index contributed by atoms with van der Waals surface area (Å²) >= 11 is 8.42. The topological polar surface area (TPSA) is 12.0 Å². The van der Waals surface area contributed by atoms with Crippen molar-refractivity contribution in [3.63, 3.8) is 0 Å². The van der Waals surface area contributed by atoms with E-state index in [-0.39, 0.29) is 0 Å². The number of rotatable bonds is 3. The van der Waals surface area contributed by atoms with Gasteiger partial charge < -0.3 is 5.32 Å². The van der Waals surface area contributed by atoms with Crippen LogP contribution in [0.3, 0.4) is 0 Å². The van der Waals surface area contributed by atoms with E-state index in [2.05, 4.69) is 40.0 Å². The van der Waals surface area contributed by atoms with E-state index in [9.17, 15) is 0 Å². The van der Waals surface area contributed by atoms with Crippen LogP contribution in [0.1, 0.15) is 25.7 Å². The van der Waals surface area contributed by atoms with Crippen molar-refractivity contribution in [2.45, 2.75) is 25.7 Å². The lowest BCUT2D eigenvalue weighted by Crippen LogP contribution is -2.11. The molecule has 1 N–H and O–H groups in total. The monoisotopic (exact) mass is 335 g/mol. The smallest absolute Gasteiger partial charge is 0.0648 e. The fraction of sp³-hybridized carbons (Fsp3) is 0.500. The van der Waals surface area contributed by atoms with E-state index < -0.39 is 0 Å². The standard InChI is InChI=1S/C12H15ClIN/c13-11-7-10(14)5-6-12(11)15-8-9-3-1-2-4-9/h5-7,9,15H,1-4,8H2. The molecule has 0 heterocycles. The minimum Gasteiger partial charge on any atom is -0.384 e. The Balaban J connectivity index is 1.92. The van der Waals surface area contributed by atoms with Gasteiger partial charge in [-0.05, 0) is 59.5 Å². The number of halogens is 2. The molecule has 0 aromatic heterocycles. The highest BCUT2D eigenvalue weighted by Crippen LogP contribution is 2.27. The maximum absolute atomic E-state index is 6.15. The van der Waals surface area contributed by atoms with Crippen LogP contribution in [0.5, 0.6) is 0 Å². The van der Waals surface area contributed by atoms with Crippen LogP contribution in [0.2, 0.25) is 5.02 Å². The molecule has 82 valence electrons. The normalized spacial score (nSPS) is 16.9. The Morgan fingerprint density at radius 1 is 1.33 bits per heavy atom. The van der Waals surface area contributed by atoms with Gasteiger partial charge >= 0.3 is 0 Å². The van der Waals surface area contributed by atoms with E-state index in [0.717, 1.165) is 23.2 Å². The molecule has 1 aliphatic rings. The maximum atomic E-state index is 6.15. The highest BCUT2D eigenvalue weighted by Gasteiger charge is 2.14. The van der Waals surface area contributed by atoms with Gasteiger partial charge in [0, 0.05) is 10.1 Å². The fourth-order valence-corrected chi connectivity index (χ4v) is 3.02. The second-order valence-electron chi connectivity index (χ2n) is 4.16. The van der Waals surface area contributed by atoms with Crippen molar-refractivity contribution >= 4 is 39.9 Å². The molecule has 0 saturated heterocycles. The van der Waals surface area contributed by atoms with Gasteiger partial charge in [0.05, 0.1) is 10.7 Å². The summed E-state index contributed by atoms with van der Waals surface area (Å²) in [6.07, 6.45) is 5.53. The molecule has 0 aliphatic heterocycles. The Morgan fingerprint density at radius 2 is 2.07 bits per heavy atom. The summed E-state index contributed by atoms with van der Waals surface area (Å²) in [6.45, 7) is 1.07. The molecule has 15 heavy (non-hydrogen) atoms. The molecule has 0 bridgehead atoms. The predicted molar refractivity (Wildman–Crippen MR) is 74.6 cm³/mol. The SMILES string of the molecule is Clc1cc(I)ccc1NCC1CCCC1. The van der Waals surface area contributed by atoms with Gasteiger partial charge in [-0.1, -0.05) is 24.4 Å². The first-order valence-corrected chi connectivity index (χ1v) is 6.90. The highest BCUT2D eigenvalue weighted by molar-refractivity contribution is 14.1. The van der Waals surface area contributed by atoms with Gasteiger partial charge in [-0.25, -0.2) is 0 Å². The average molecular weight is 336 g/mol. The summed E-state index contributed by atoms with van der Waals surface area (Å²) in [7, 11) is 0. The summed E-state index contributed by atoms with van der Waals surface area (Å²) < 4.78 is 1.18. The Labute approximate surface area is 110 Å². The average Bonchev–Trinajstić information content (AvgIpc) is 2.69. The molecule has 1 nitrogen and oxygen atoms in total. The molecule has 1 fully saturated rings. The third-order valence-electron chi connectivity index (χ3n) is 2.99. The quantitative estimate of drug-likeness (QED) is 0.799. The molecule has 1 aromatic rings. The van der Waals surface area contributed by atoms with Crippen LogP contribution in [0.15, 0.2) is 18.2 Å². The molecule has 1 saturated carbocycles. The van der Waals surface area contributed by atoms with Gasteiger partial charge in [-0.3, -0.25) is 0 Å². The molecule has 0 unspecified atom stereocenters. The van der Waals surface area contributed by atoms with Gasteiger partial charge in [-0.2, -0.15) is 0 Å². The maximum Gasteiger partial charge on any atom is 0.0648 e. The number of hydrogen-bond acceptors (Lipinski definition) is 1. The molecule has 0 spiro atoms. The van der Waals surface area contributed by atoms with E-state index in [4.69, 9.17) is 11.6 Å². The Morgan fingerprint density at radius 3 is 2.73 bits per heavy atom. The van der Waals surface area contributed by atoms with Gasteiger partial charge in [0.2, 0.25) is 0 Å². The molecule has 1 aliphatic carbocycles. The van der Waals surface area contributed by atoms with Crippen molar-refractivity contribution in [3.05, 3.63) is 26.8 Å². The van der Waals surface area contributed by atoms with Crippen LogP contribution in [0.4, 0.5) is 5.69 Å². The van der Waals surface area contributed by atoms with Crippen molar-refractivity contribution in [1.82, 2.24) is 0 Å². The minimum absolute atomic E-state index is 0.833. The molecule has 2 rings (SSSR count). The van der Waals surface area contributed by atoms with Gasteiger partial charge in [0.25, 0.3) is 0 Å². The number of benzene rings is 1. The van der Waals surface area contributed by atoms with Crippen molar-refractivity contribution in [2.24, 2.45) is 5.92 Å². The van der Waals surface area contributed by atoms with Crippen molar-refractivity contribution < 1.29 is 0 Å². The number of hydrogen-bond donors (Lipinski definition) is 1. The van der Waals surface area contributed by atoms with Gasteiger partial charge in [0.1, 0.15) is 0 Å². The van der Waals surface area contributed by atoms with Crippen LogP contribution >= 0.6 is 34.2 Å². The summed E-state index contributed by atoms with van der Waals surface area (Å²) in [5.74, 6) is 0.848. The summed E-state index contributed by atoms with van der Waals surface area (Å²) in [5, 5.41) is 4.28. The lowest BCUT2D eigenvalue weighted by molar-refractivity contribution is 0.580. The summed E-state index contributed by atoms with van der Waals surface area (Å²) in [4.78, 5) is 0. The third-order valence-corrected chi connectivity index (χ3v) is 3.97. The second-order valence-corrected chi connectivity index (χ2v) is 5.81. The van der Waals surface area contributed by atoms with Crippen molar-refractivity contribution in [3.8, 4) is 0 Å². The first-order chi connectivity index (χ1) is 7.25. The van der Waals surface area contributed by atoms with E-state index >= 15 is 0 Å². The summed E-state index contributed by atoms with van der Waals surface area (Å²) in [5.41, 5.74) is 1.07. The molecule has 0 atom stereocenters. The van der Waals surface area contributed by atoms with E-state index in [0.29, 0.717) is 0 Å². The lowest BCUT2D eigenvalue weighted by atomic mass is 10.1. The van der Waals surface area contributed by atoms with Gasteiger partial charge in [0.15, 0.2) is 0 Å². The van der Waals surface area contributed by atoms with Gasteiger partial charge in [-0.15, -0.1) is 0 Å². The van der Waals surface area contributed by atoms with Crippen LogP contribution in [0, 0.1) is 9.49 Å². The zero-order valence-electron chi connectivity index (χ0n) is 8.60. The third kappa shape index (κ3) is 3.25. The van der Waals surface area contributed by atoms with Crippen LogP contribution in [0.25, 0.3) is 0 Å². The van der Waals surface area contributed by atoms with Crippen LogP contribution < -0.4 is 5.32 Å². The predicted octanol–water partition coefficient (Wildman–Crippen LogP) is 4.55. The minimum atomic E-state index is 0.833.